The molecule has 1 rings (SSSR count). The first kappa shape index (κ1) is 16.0. The summed E-state index contributed by atoms with van der Waals surface area (Å²) in [5.74, 6) is 0.0426. The maximum Gasteiger partial charge on any atom is 0.348 e. The second-order valence-corrected chi connectivity index (χ2v) is 6.87. The second kappa shape index (κ2) is 7.55. The first-order valence-electron chi connectivity index (χ1n) is 6.13. The number of ether oxygens (including phenoxy) is 1. The molecule has 0 spiro atoms. The first-order valence-corrected chi connectivity index (χ1v) is 7.99. The summed E-state index contributed by atoms with van der Waals surface area (Å²) in [7, 11) is 0. The number of hydrogen-bond acceptors (Lipinski definition) is 5. The Morgan fingerprint density at radius 1 is 1.47 bits per heavy atom. The molecule has 1 amide bonds. The molecule has 6 heteroatoms. The van der Waals surface area contributed by atoms with Crippen molar-refractivity contribution in [1.29, 1.82) is 0 Å². The van der Waals surface area contributed by atoms with Crippen molar-refractivity contribution in [1.82, 2.24) is 0 Å². The molecule has 0 saturated carbocycles. The van der Waals surface area contributed by atoms with Crippen LogP contribution in [0.25, 0.3) is 0 Å². The zero-order chi connectivity index (χ0) is 14.4. The van der Waals surface area contributed by atoms with E-state index in [9.17, 15) is 9.59 Å². The van der Waals surface area contributed by atoms with Crippen LogP contribution in [0.1, 0.15) is 36.0 Å². The molecule has 1 heterocycles. The Balaban J connectivity index is 2.63. The van der Waals surface area contributed by atoms with Crippen LogP contribution in [0.4, 0.5) is 5.00 Å². The van der Waals surface area contributed by atoms with E-state index in [1.807, 2.05) is 20.8 Å². The van der Waals surface area contributed by atoms with Gasteiger partial charge in [-0.2, -0.15) is 0 Å². The van der Waals surface area contributed by atoms with Crippen molar-refractivity contribution in [3.05, 3.63) is 16.5 Å². The van der Waals surface area contributed by atoms with Gasteiger partial charge in [-0.1, -0.05) is 13.8 Å². The molecule has 0 aliphatic heterocycles. The molecule has 4 nitrogen and oxygen atoms in total. The molecule has 1 aromatic rings. The van der Waals surface area contributed by atoms with Gasteiger partial charge in [0.1, 0.15) is 4.88 Å². The van der Waals surface area contributed by atoms with Crippen LogP contribution in [0.3, 0.4) is 0 Å². The maximum atomic E-state index is 11.7. The summed E-state index contributed by atoms with van der Waals surface area (Å²) in [4.78, 5) is 23.9. The monoisotopic (exact) mass is 301 g/mol. The molecular weight excluding hydrogens is 282 g/mol. The van der Waals surface area contributed by atoms with Gasteiger partial charge in [0.15, 0.2) is 0 Å². The Morgan fingerprint density at radius 2 is 2.16 bits per heavy atom. The molecule has 0 aromatic carbocycles. The van der Waals surface area contributed by atoms with Gasteiger partial charge in [-0.15, -0.1) is 23.1 Å². The van der Waals surface area contributed by atoms with E-state index in [2.05, 4.69) is 5.32 Å². The Bertz CT molecular complexity index is 455. The zero-order valence-electron chi connectivity index (χ0n) is 11.6. The number of thiophene rings is 1. The molecule has 0 saturated heterocycles. The van der Waals surface area contributed by atoms with Crippen molar-refractivity contribution in [2.75, 3.05) is 17.7 Å². The predicted octanol–water partition coefficient (Wildman–Crippen LogP) is 3.31. The van der Waals surface area contributed by atoms with Crippen LogP contribution in [0.15, 0.2) is 6.07 Å². The summed E-state index contributed by atoms with van der Waals surface area (Å²) >= 11 is 2.84. The minimum atomic E-state index is -0.331. The number of amides is 1. The average Bonchev–Trinajstić information content (AvgIpc) is 2.68. The topological polar surface area (TPSA) is 55.4 Å². The van der Waals surface area contributed by atoms with Crippen molar-refractivity contribution in [2.24, 2.45) is 0 Å². The summed E-state index contributed by atoms with van der Waals surface area (Å²) in [5.41, 5.74) is 0.829. The SMILES string of the molecule is CCOC(=O)c1sc(NC(=O)CSC(C)C)cc1C. The van der Waals surface area contributed by atoms with E-state index in [4.69, 9.17) is 4.74 Å². The molecule has 1 N–H and O–H groups in total. The highest BCUT2D eigenvalue weighted by atomic mass is 32.2. The number of carbonyl (C=O) groups excluding carboxylic acids is 2. The van der Waals surface area contributed by atoms with Crippen LogP contribution < -0.4 is 5.32 Å². The van der Waals surface area contributed by atoms with Crippen molar-refractivity contribution >= 4 is 40.0 Å². The van der Waals surface area contributed by atoms with Crippen molar-refractivity contribution < 1.29 is 14.3 Å². The predicted molar refractivity (Wildman–Crippen MR) is 81.2 cm³/mol. The number of carbonyl (C=O) groups is 2. The Hall–Kier alpha value is -1.01. The third-order valence-electron chi connectivity index (χ3n) is 2.19. The highest BCUT2D eigenvalue weighted by Crippen LogP contribution is 2.27. The molecule has 0 fully saturated rings. The van der Waals surface area contributed by atoms with E-state index in [-0.39, 0.29) is 11.9 Å². The number of thioether (sulfide) groups is 1. The molecule has 0 bridgehead atoms. The van der Waals surface area contributed by atoms with Crippen LogP contribution in [0, 0.1) is 6.92 Å². The number of hydrogen-bond donors (Lipinski definition) is 1. The largest absolute Gasteiger partial charge is 0.462 e. The van der Waals surface area contributed by atoms with Crippen LogP contribution in [-0.2, 0) is 9.53 Å². The van der Waals surface area contributed by atoms with Crippen molar-refractivity contribution in [3.63, 3.8) is 0 Å². The molecule has 0 atom stereocenters. The van der Waals surface area contributed by atoms with Crippen LogP contribution in [-0.4, -0.2) is 29.5 Å². The van der Waals surface area contributed by atoms with Gasteiger partial charge >= 0.3 is 5.97 Å². The second-order valence-electron chi connectivity index (χ2n) is 4.25. The number of rotatable bonds is 6. The quantitative estimate of drug-likeness (QED) is 0.819. The minimum Gasteiger partial charge on any atom is -0.462 e. The fourth-order valence-electron chi connectivity index (χ4n) is 1.36. The van der Waals surface area contributed by atoms with E-state index < -0.39 is 0 Å². The minimum absolute atomic E-state index is 0.0460. The standard InChI is InChI=1S/C13H19NO3S2/c1-5-17-13(16)12-9(4)6-11(19-12)14-10(15)7-18-8(2)3/h6,8H,5,7H2,1-4H3,(H,14,15). The fourth-order valence-corrected chi connectivity index (χ4v) is 2.90. The molecule has 0 unspecified atom stereocenters. The summed E-state index contributed by atoms with van der Waals surface area (Å²) in [5, 5.41) is 3.92. The summed E-state index contributed by atoms with van der Waals surface area (Å²) in [6.07, 6.45) is 0. The third kappa shape index (κ3) is 5.24. The molecule has 19 heavy (non-hydrogen) atoms. The zero-order valence-corrected chi connectivity index (χ0v) is 13.2. The maximum absolute atomic E-state index is 11.7. The average molecular weight is 301 g/mol. The van der Waals surface area contributed by atoms with Crippen LogP contribution in [0.5, 0.6) is 0 Å². The van der Waals surface area contributed by atoms with Gasteiger partial charge < -0.3 is 10.1 Å². The summed E-state index contributed by atoms with van der Waals surface area (Å²) in [6.45, 7) is 8.05. The van der Waals surface area contributed by atoms with Crippen molar-refractivity contribution in [3.8, 4) is 0 Å². The highest BCUT2D eigenvalue weighted by molar-refractivity contribution is 8.00. The molecule has 1 aromatic heterocycles. The highest BCUT2D eigenvalue weighted by Gasteiger charge is 2.15. The molecule has 106 valence electrons. The van der Waals surface area contributed by atoms with E-state index in [0.717, 1.165) is 5.56 Å². The molecule has 0 radical (unpaired) electrons. The lowest BCUT2D eigenvalue weighted by Crippen LogP contribution is -2.14. The number of anilines is 1. The Morgan fingerprint density at radius 3 is 2.74 bits per heavy atom. The summed E-state index contributed by atoms with van der Waals surface area (Å²) in [6, 6.07) is 1.80. The lowest BCUT2D eigenvalue weighted by molar-refractivity contribution is -0.113. The number of nitrogens with one attached hydrogen (secondary N) is 1. The smallest absolute Gasteiger partial charge is 0.348 e. The lowest BCUT2D eigenvalue weighted by atomic mass is 10.3. The lowest BCUT2D eigenvalue weighted by Gasteiger charge is -2.04. The van der Waals surface area contributed by atoms with Gasteiger partial charge in [0, 0.05) is 0 Å². The molecule has 0 aliphatic carbocycles. The van der Waals surface area contributed by atoms with E-state index in [1.54, 1.807) is 24.8 Å². The first-order chi connectivity index (χ1) is 8.93. The molecule has 0 aliphatic rings. The van der Waals surface area contributed by atoms with Gasteiger partial charge in [0.2, 0.25) is 5.91 Å². The van der Waals surface area contributed by atoms with Crippen LogP contribution in [0.2, 0.25) is 0 Å². The van der Waals surface area contributed by atoms with E-state index in [1.165, 1.54) is 11.3 Å². The van der Waals surface area contributed by atoms with Gasteiger partial charge in [0.25, 0.3) is 0 Å². The van der Waals surface area contributed by atoms with E-state index >= 15 is 0 Å². The Kier molecular flexibility index (Phi) is 6.37. The number of aryl methyl sites for hydroxylation is 1. The van der Waals surface area contributed by atoms with Crippen LogP contribution >= 0.6 is 23.1 Å². The van der Waals surface area contributed by atoms with Gasteiger partial charge in [-0.3, -0.25) is 4.79 Å². The number of esters is 1. The van der Waals surface area contributed by atoms with Crippen molar-refractivity contribution in [2.45, 2.75) is 32.9 Å². The summed E-state index contributed by atoms with van der Waals surface area (Å²) < 4.78 is 4.96. The van der Waals surface area contributed by atoms with Gasteiger partial charge in [0.05, 0.1) is 17.4 Å². The fraction of sp³-hybridized carbons (Fsp3) is 0.538. The Labute approximate surface area is 121 Å². The van der Waals surface area contributed by atoms with Gasteiger partial charge in [-0.05, 0) is 30.7 Å². The van der Waals surface area contributed by atoms with Gasteiger partial charge in [-0.25, -0.2) is 4.79 Å². The molecular formula is C13H19NO3S2. The normalized spacial score (nSPS) is 10.6. The third-order valence-corrected chi connectivity index (χ3v) is 4.42. The van der Waals surface area contributed by atoms with E-state index in [0.29, 0.717) is 27.5 Å².